The smallest absolute Gasteiger partial charge is 0.159 e. The fraction of sp³-hybridized carbons (Fsp3) is 0.371. The minimum atomic E-state index is -2.73. The molecule has 0 spiro atoms. The van der Waals surface area contributed by atoms with Crippen LogP contribution in [0, 0.1) is 0 Å². The minimum absolute atomic E-state index is 0.315. The molecule has 3 aromatic carbocycles. The van der Waals surface area contributed by atoms with Gasteiger partial charge in [0.15, 0.2) is 8.07 Å². The quantitative estimate of drug-likeness (QED) is 0.271. The maximum atomic E-state index is 2.48. The molecule has 0 radical (unpaired) electrons. The Morgan fingerprint density at radius 2 is 0.775 bits per heavy atom. The summed E-state index contributed by atoms with van der Waals surface area (Å²) in [7, 11) is 14.5. The van der Waals surface area contributed by atoms with Crippen molar-refractivity contribution in [3.63, 3.8) is 0 Å². The zero-order valence-electron chi connectivity index (χ0n) is 26.7. The fourth-order valence-electron chi connectivity index (χ4n) is 6.38. The van der Waals surface area contributed by atoms with Gasteiger partial charge >= 0.3 is 0 Å². The Balaban J connectivity index is 2.29. The molecule has 0 N–H and O–H groups in total. The summed E-state index contributed by atoms with van der Waals surface area (Å²) in [6, 6.07) is 25.9. The standard InChI is InChI=1S/C35H48N4Si/c1-24-25(2)27(4)35(26(24)3)40(32-16-14-13-15-17-32,33-20-28(36(5)6)18-29(21-33)37(7)8)34-22-30(38(9)10)19-31(23-34)39(11)12/h13-23,35H,1-12H3. The number of hydrogen-bond acceptors (Lipinski definition) is 4. The second-order valence-electron chi connectivity index (χ2n) is 12.3. The predicted octanol–water partition coefficient (Wildman–Crippen LogP) is 5.48. The van der Waals surface area contributed by atoms with E-state index >= 15 is 0 Å². The van der Waals surface area contributed by atoms with Crippen molar-refractivity contribution in [1.29, 1.82) is 0 Å². The average molecular weight is 553 g/mol. The van der Waals surface area contributed by atoms with Gasteiger partial charge in [-0.2, -0.15) is 0 Å². The second-order valence-corrected chi connectivity index (χ2v) is 16.2. The van der Waals surface area contributed by atoms with Gasteiger partial charge in [0.25, 0.3) is 0 Å². The molecule has 0 aromatic heterocycles. The molecule has 0 bridgehead atoms. The van der Waals surface area contributed by atoms with Crippen molar-refractivity contribution in [2.75, 3.05) is 76.0 Å². The first kappa shape index (κ1) is 29.5. The minimum Gasteiger partial charge on any atom is -0.378 e. The van der Waals surface area contributed by atoms with E-state index in [-0.39, 0.29) is 0 Å². The Bertz CT molecular complexity index is 1310. The Kier molecular flexibility index (Phi) is 8.27. The van der Waals surface area contributed by atoms with E-state index in [1.54, 1.807) is 0 Å². The molecule has 0 aliphatic heterocycles. The normalized spacial score (nSPS) is 14.2. The van der Waals surface area contributed by atoms with E-state index in [4.69, 9.17) is 0 Å². The van der Waals surface area contributed by atoms with E-state index in [9.17, 15) is 0 Å². The second kappa shape index (κ2) is 11.2. The molecule has 0 atom stereocenters. The third-order valence-electron chi connectivity index (χ3n) is 9.06. The van der Waals surface area contributed by atoms with Gasteiger partial charge in [0.1, 0.15) is 0 Å². The van der Waals surface area contributed by atoms with Crippen LogP contribution < -0.4 is 35.2 Å². The molecule has 0 amide bonds. The molecule has 0 saturated carbocycles. The first-order valence-electron chi connectivity index (χ1n) is 14.2. The van der Waals surface area contributed by atoms with Gasteiger partial charge in [-0.1, -0.05) is 41.5 Å². The highest BCUT2D eigenvalue weighted by Crippen LogP contribution is 2.47. The lowest BCUT2D eigenvalue weighted by atomic mass is 10.1. The summed E-state index contributed by atoms with van der Waals surface area (Å²) < 4.78 is 0. The lowest BCUT2D eigenvalue weighted by Gasteiger charge is -2.42. The third kappa shape index (κ3) is 4.96. The number of hydrogen-bond donors (Lipinski definition) is 0. The first-order valence-corrected chi connectivity index (χ1v) is 16.3. The van der Waals surface area contributed by atoms with Crippen LogP contribution in [0.5, 0.6) is 0 Å². The summed E-state index contributed by atoms with van der Waals surface area (Å²) in [5.74, 6) is 0. The molecule has 5 heteroatoms. The summed E-state index contributed by atoms with van der Waals surface area (Å²) in [5, 5.41) is 4.34. The van der Waals surface area contributed by atoms with E-state index in [0.29, 0.717) is 5.54 Å². The summed E-state index contributed by atoms with van der Waals surface area (Å²) >= 11 is 0. The monoisotopic (exact) mass is 552 g/mol. The van der Waals surface area contributed by atoms with Crippen LogP contribution in [0.2, 0.25) is 5.54 Å². The Morgan fingerprint density at radius 3 is 1.07 bits per heavy atom. The van der Waals surface area contributed by atoms with E-state index < -0.39 is 8.07 Å². The van der Waals surface area contributed by atoms with Crippen molar-refractivity contribution < 1.29 is 0 Å². The zero-order chi connectivity index (χ0) is 29.5. The summed E-state index contributed by atoms with van der Waals surface area (Å²) in [4.78, 5) is 8.99. The molecule has 1 aliphatic carbocycles. The highest BCUT2D eigenvalue weighted by molar-refractivity contribution is 7.13. The predicted molar refractivity (Wildman–Crippen MR) is 182 cm³/mol. The van der Waals surface area contributed by atoms with Gasteiger partial charge < -0.3 is 19.6 Å². The third-order valence-corrected chi connectivity index (χ3v) is 14.4. The van der Waals surface area contributed by atoms with Crippen LogP contribution in [0.25, 0.3) is 0 Å². The topological polar surface area (TPSA) is 13.0 Å². The van der Waals surface area contributed by atoms with Crippen LogP contribution in [0.3, 0.4) is 0 Å². The van der Waals surface area contributed by atoms with Crippen LogP contribution in [-0.2, 0) is 0 Å². The first-order chi connectivity index (χ1) is 18.8. The van der Waals surface area contributed by atoms with Crippen LogP contribution in [0.1, 0.15) is 27.7 Å². The van der Waals surface area contributed by atoms with Gasteiger partial charge in [-0.15, -0.1) is 0 Å². The van der Waals surface area contributed by atoms with Crippen molar-refractivity contribution >= 4 is 46.4 Å². The Labute approximate surface area is 244 Å². The highest BCUT2D eigenvalue weighted by atomic mass is 28.3. The van der Waals surface area contributed by atoms with Crippen LogP contribution in [-0.4, -0.2) is 64.5 Å². The van der Waals surface area contributed by atoms with Crippen molar-refractivity contribution in [3.8, 4) is 0 Å². The number of rotatable bonds is 8. The molecular formula is C35H48N4Si. The van der Waals surface area contributed by atoms with Crippen molar-refractivity contribution in [1.82, 2.24) is 0 Å². The highest BCUT2D eigenvalue weighted by Gasteiger charge is 2.51. The van der Waals surface area contributed by atoms with E-state index in [1.807, 2.05) is 0 Å². The van der Waals surface area contributed by atoms with Gasteiger partial charge in [0.2, 0.25) is 0 Å². The molecule has 3 aromatic rings. The molecule has 0 fully saturated rings. The van der Waals surface area contributed by atoms with Crippen molar-refractivity contribution in [3.05, 3.63) is 89.0 Å². The molecule has 40 heavy (non-hydrogen) atoms. The Morgan fingerprint density at radius 1 is 0.450 bits per heavy atom. The largest absolute Gasteiger partial charge is 0.378 e. The van der Waals surface area contributed by atoms with Crippen LogP contribution >= 0.6 is 0 Å². The lowest BCUT2D eigenvalue weighted by molar-refractivity contribution is 1.08. The number of allylic oxidation sites excluding steroid dienone is 4. The van der Waals surface area contributed by atoms with Crippen molar-refractivity contribution in [2.45, 2.75) is 33.2 Å². The molecule has 4 nitrogen and oxygen atoms in total. The summed E-state index contributed by atoms with van der Waals surface area (Å²) in [5.41, 5.74) is 11.2. The van der Waals surface area contributed by atoms with E-state index in [2.05, 4.69) is 170 Å². The molecule has 0 heterocycles. The molecule has 0 saturated heterocycles. The molecular weight excluding hydrogens is 504 g/mol. The Hall–Kier alpha value is -3.44. The lowest BCUT2D eigenvalue weighted by Crippen LogP contribution is -2.70. The van der Waals surface area contributed by atoms with E-state index in [0.717, 1.165) is 0 Å². The summed E-state index contributed by atoms with van der Waals surface area (Å²) in [6.07, 6.45) is 0. The van der Waals surface area contributed by atoms with Gasteiger partial charge in [-0.05, 0) is 90.8 Å². The zero-order valence-corrected chi connectivity index (χ0v) is 27.7. The van der Waals surface area contributed by atoms with Crippen molar-refractivity contribution in [2.24, 2.45) is 0 Å². The maximum absolute atomic E-state index is 2.73. The maximum Gasteiger partial charge on any atom is 0.159 e. The number of benzene rings is 3. The van der Waals surface area contributed by atoms with Crippen LogP contribution in [0.4, 0.5) is 22.7 Å². The average Bonchev–Trinajstić information content (AvgIpc) is 3.12. The van der Waals surface area contributed by atoms with Gasteiger partial charge in [-0.3, -0.25) is 0 Å². The number of anilines is 4. The molecule has 4 rings (SSSR count). The van der Waals surface area contributed by atoms with Gasteiger partial charge in [-0.25, -0.2) is 0 Å². The molecule has 212 valence electrons. The van der Waals surface area contributed by atoms with E-state index in [1.165, 1.54) is 60.6 Å². The molecule has 1 aliphatic rings. The SMILES string of the molecule is CC1=C(C)C([Si](c2ccccc2)(c2cc(N(C)C)cc(N(C)C)c2)c2cc(N(C)C)cc(N(C)C)c2)C(C)=C1C. The molecule has 0 unspecified atom stereocenters. The summed E-state index contributed by atoms with van der Waals surface area (Å²) in [6.45, 7) is 9.41. The van der Waals surface area contributed by atoms with Gasteiger partial charge in [0.05, 0.1) is 0 Å². The van der Waals surface area contributed by atoms with Crippen LogP contribution in [0.15, 0.2) is 89.0 Å². The van der Waals surface area contributed by atoms with Gasteiger partial charge in [0, 0.05) is 84.7 Å². The fourth-order valence-corrected chi connectivity index (χ4v) is 12.3. The number of nitrogens with zero attached hydrogens (tertiary/aromatic N) is 4.